The van der Waals surface area contributed by atoms with Crippen molar-refractivity contribution in [3.05, 3.63) is 58.6 Å². The van der Waals surface area contributed by atoms with E-state index in [0.29, 0.717) is 21.4 Å². The van der Waals surface area contributed by atoms with Gasteiger partial charge in [0.2, 0.25) is 0 Å². The van der Waals surface area contributed by atoms with Crippen LogP contribution >= 0.6 is 23.2 Å². The number of ether oxygens (including phenoxy) is 2. The Kier molecular flexibility index (Phi) is 7.15. The molecule has 0 heterocycles. The minimum absolute atomic E-state index is 0.467. The van der Waals surface area contributed by atoms with Gasteiger partial charge in [-0.05, 0) is 49.2 Å². The normalized spacial score (nSPS) is 10.7. The summed E-state index contributed by atoms with van der Waals surface area (Å²) >= 11 is 11.6. The number of rotatable bonds is 3. The van der Waals surface area contributed by atoms with Crippen molar-refractivity contribution in [3.8, 4) is 12.0 Å². The number of carbonyl (C=O) groups excluding carboxylic acids is 2. The lowest BCUT2D eigenvalue weighted by Crippen LogP contribution is -2.19. The molecule has 2 rings (SSSR count). The molecule has 0 aromatic heterocycles. The zero-order valence-electron chi connectivity index (χ0n) is 13.6. The largest absolute Gasteiger partial charge is 0.433 e. The van der Waals surface area contributed by atoms with Gasteiger partial charge in [0, 0.05) is 21.4 Å². The Balaban J connectivity index is 1.78. The Morgan fingerprint density at radius 2 is 1.50 bits per heavy atom. The molecule has 0 aliphatic rings. The van der Waals surface area contributed by atoms with Gasteiger partial charge in [0.1, 0.15) is 6.11 Å². The van der Waals surface area contributed by atoms with Gasteiger partial charge in [-0.3, -0.25) is 10.6 Å². The third kappa shape index (κ3) is 6.93. The Morgan fingerprint density at radius 3 is 2.04 bits per heavy atom. The average molecular weight is 393 g/mol. The van der Waals surface area contributed by atoms with E-state index in [0.717, 1.165) is 0 Å². The summed E-state index contributed by atoms with van der Waals surface area (Å²) in [6, 6.07) is 13.2. The van der Waals surface area contributed by atoms with E-state index in [1.807, 2.05) is 0 Å². The van der Waals surface area contributed by atoms with Crippen LogP contribution in [0.5, 0.6) is 0 Å². The predicted octanol–water partition coefficient (Wildman–Crippen LogP) is 5.14. The van der Waals surface area contributed by atoms with E-state index in [2.05, 4.69) is 27.4 Å². The van der Waals surface area contributed by atoms with E-state index in [1.165, 1.54) is 6.92 Å². The fourth-order valence-corrected chi connectivity index (χ4v) is 2.15. The quantitative estimate of drug-likeness (QED) is 0.708. The molecule has 1 atom stereocenters. The highest BCUT2D eigenvalue weighted by atomic mass is 35.5. The van der Waals surface area contributed by atoms with Crippen LogP contribution in [-0.2, 0) is 9.47 Å². The number of anilines is 2. The lowest BCUT2D eigenvalue weighted by Gasteiger charge is -2.09. The van der Waals surface area contributed by atoms with Crippen LogP contribution in [0.3, 0.4) is 0 Å². The summed E-state index contributed by atoms with van der Waals surface area (Å²) < 4.78 is 9.70. The molecule has 2 amide bonds. The minimum Gasteiger partial charge on any atom is -0.433 e. The van der Waals surface area contributed by atoms with Crippen LogP contribution in [0.2, 0.25) is 10.0 Å². The number of carbonyl (C=O) groups is 2. The van der Waals surface area contributed by atoms with Crippen molar-refractivity contribution in [1.82, 2.24) is 0 Å². The molecule has 2 N–H and O–H groups in total. The summed E-state index contributed by atoms with van der Waals surface area (Å²) in [6.07, 6.45) is -0.114. The lowest BCUT2D eigenvalue weighted by atomic mass is 10.3. The first-order chi connectivity index (χ1) is 12.4. The van der Waals surface area contributed by atoms with Gasteiger partial charge in [0.15, 0.2) is 6.10 Å². The zero-order chi connectivity index (χ0) is 18.9. The topological polar surface area (TPSA) is 76.7 Å². The van der Waals surface area contributed by atoms with Gasteiger partial charge in [-0.2, -0.15) is 0 Å². The van der Waals surface area contributed by atoms with Gasteiger partial charge in [-0.1, -0.05) is 35.3 Å². The molecule has 2 aromatic carbocycles. The van der Waals surface area contributed by atoms with Crippen molar-refractivity contribution >= 4 is 46.8 Å². The first-order valence-electron chi connectivity index (χ1n) is 7.39. The Hall–Kier alpha value is -2.88. The van der Waals surface area contributed by atoms with E-state index in [9.17, 15) is 9.59 Å². The second kappa shape index (κ2) is 9.56. The lowest BCUT2D eigenvalue weighted by molar-refractivity contribution is 0.145. The molecule has 1 unspecified atom stereocenters. The maximum atomic E-state index is 11.7. The summed E-state index contributed by atoms with van der Waals surface area (Å²) in [6.45, 7) is 1.53. The van der Waals surface area contributed by atoms with Crippen LogP contribution in [0.1, 0.15) is 6.92 Å². The van der Waals surface area contributed by atoms with E-state index in [1.54, 1.807) is 48.5 Å². The van der Waals surface area contributed by atoms with Crippen molar-refractivity contribution < 1.29 is 19.1 Å². The number of hydrogen-bond donors (Lipinski definition) is 2. The van der Waals surface area contributed by atoms with Gasteiger partial charge in [0.05, 0.1) is 0 Å². The Bertz CT molecular complexity index is 862. The molecule has 0 fully saturated rings. The molecular weight excluding hydrogens is 379 g/mol. The molecule has 0 bridgehead atoms. The van der Waals surface area contributed by atoms with E-state index in [4.69, 9.17) is 27.9 Å². The van der Waals surface area contributed by atoms with Crippen LogP contribution in [0.4, 0.5) is 21.0 Å². The highest BCUT2D eigenvalue weighted by Crippen LogP contribution is 2.16. The maximum Gasteiger partial charge on any atom is 0.425 e. The van der Waals surface area contributed by atoms with Gasteiger partial charge in [0.25, 0.3) is 0 Å². The van der Waals surface area contributed by atoms with Crippen LogP contribution in [0.25, 0.3) is 0 Å². The summed E-state index contributed by atoms with van der Waals surface area (Å²) in [4.78, 5) is 23.3. The summed E-state index contributed by atoms with van der Waals surface area (Å²) in [5, 5.41) is 5.91. The molecule has 2 aromatic rings. The van der Waals surface area contributed by atoms with Gasteiger partial charge >= 0.3 is 12.2 Å². The molecule has 0 saturated heterocycles. The highest BCUT2D eigenvalue weighted by molar-refractivity contribution is 6.31. The first-order valence-corrected chi connectivity index (χ1v) is 8.15. The van der Waals surface area contributed by atoms with Crippen LogP contribution in [0.15, 0.2) is 48.5 Å². The molecular formula is C18H14Cl2N2O4. The van der Waals surface area contributed by atoms with Crippen LogP contribution in [-0.4, -0.2) is 18.3 Å². The Morgan fingerprint density at radius 1 is 0.962 bits per heavy atom. The standard InChI is InChI=1S/C18H14Cl2N2O4/c1-12(26-18(24)22-16-7-3-5-14(20)11-16)8-9-25-17(23)21-15-6-2-4-13(19)10-15/h2-7,10-12H,1H3,(H,21,23)(H,22,24). The van der Waals surface area contributed by atoms with Gasteiger partial charge in [-0.25, -0.2) is 9.59 Å². The molecule has 134 valence electrons. The number of hydrogen-bond acceptors (Lipinski definition) is 4. The van der Waals surface area contributed by atoms with Crippen molar-refractivity contribution in [3.63, 3.8) is 0 Å². The number of nitrogens with one attached hydrogen (secondary N) is 2. The number of halogens is 2. The molecule has 26 heavy (non-hydrogen) atoms. The molecule has 0 aliphatic carbocycles. The molecule has 6 nitrogen and oxygen atoms in total. The van der Waals surface area contributed by atoms with Crippen molar-refractivity contribution in [2.24, 2.45) is 0 Å². The molecule has 0 spiro atoms. The van der Waals surface area contributed by atoms with Crippen molar-refractivity contribution in [1.29, 1.82) is 0 Å². The van der Waals surface area contributed by atoms with Crippen molar-refractivity contribution in [2.45, 2.75) is 13.0 Å². The fraction of sp³-hybridized carbons (Fsp3) is 0.111. The first kappa shape index (κ1) is 19.4. The van der Waals surface area contributed by atoms with E-state index < -0.39 is 18.3 Å². The van der Waals surface area contributed by atoms with Gasteiger partial charge in [-0.15, -0.1) is 0 Å². The Labute approximate surface area is 160 Å². The summed E-state index contributed by atoms with van der Waals surface area (Å²) in [5.74, 6) is 2.47. The smallest absolute Gasteiger partial charge is 0.425 e. The van der Waals surface area contributed by atoms with Crippen molar-refractivity contribution in [2.75, 3.05) is 10.6 Å². The van der Waals surface area contributed by atoms with E-state index >= 15 is 0 Å². The predicted molar refractivity (Wildman–Crippen MR) is 100 cm³/mol. The second-order valence-electron chi connectivity index (χ2n) is 4.95. The maximum absolute atomic E-state index is 11.7. The van der Waals surface area contributed by atoms with Crippen LogP contribution < -0.4 is 10.6 Å². The SMILES string of the molecule is CC(C#COC(=O)Nc1cccc(Cl)c1)OC(=O)Nc1cccc(Cl)c1. The second-order valence-corrected chi connectivity index (χ2v) is 5.83. The molecule has 8 heteroatoms. The molecule has 0 radical (unpaired) electrons. The van der Waals surface area contributed by atoms with E-state index in [-0.39, 0.29) is 0 Å². The number of amides is 2. The zero-order valence-corrected chi connectivity index (χ0v) is 15.1. The number of benzene rings is 2. The highest BCUT2D eigenvalue weighted by Gasteiger charge is 2.08. The molecule has 0 saturated carbocycles. The summed E-state index contributed by atoms with van der Waals surface area (Å²) in [5.41, 5.74) is 0.953. The van der Waals surface area contributed by atoms with Gasteiger partial charge < -0.3 is 9.47 Å². The summed E-state index contributed by atoms with van der Waals surface area (Å²) in [7, 11) is 0. The monoisotopic (exact) mass is 392 g/mol. The third-order valence-corrected chi connectivity index (χ3v) is 3.30. The molecule has 0 aliphatic heterocycles. The third-order valence-electron chi connectivity index (χ3n) is 2.83. The van der Waals surface area contributed by atoms with Crippen LogP contribution in [0, 0.1) is 12.0 Å². The minimum atomic E-state index is -0.798. The average Bonchev–Trinajstić information content (AvgIpc) is 2.54. The fourth-order valence-electron chi connectivity index (χ4n) is 1.77.